The van der Waals surface area contributed by atoms with Crippen molar-refractivity contribution in [2.75, 3.05) is 0 Å². The molecule has 0 aliphatic heterocycles. The normalized spacial score (nSPS) is 8.17. The highest BCUT2D eigenvalue weighted by Crippen LogP contribution is 2.23. The molecule has 0 bridgehead atoms. The Morgan fingerprint density at radius 1 is 1.25 bits per heavy atom. The van der Waals surface area contributed by atoms with Crippen LogP contribution < -0.4 is 0 Å². The molecule has 0 saturated carbocycles. The van der Waals surface area contributed by atoms with Crippen LogP contribution in [0, 0.1) is 10.1 Å². The molecule has 0 heterocycles. The quantitative estimate of drug-likeness (QED) is 0.337. The molecule has 0 fully saturated rings. The monoisotopic (exact) mass is 173 g/mol. The van der Waals surface area contributed by atoms with Gasteiger partial charge in [0, 0.05) is 6.07 Å². The molecule has 3 N–H and O–H groups in total. The summed E-state index contributed by atoms with van der Waals surface area (Å²) in [5, 5.41) is 30.9. The fourth-order valence-electron chi connectivity index (χ4n) is 0.619. The third-order valence-corrected chi connectivity index (χ3v) is 1.08. The summed E-state index contributed by atoms with van der Waals surface area (Å²) in [6.07, 6.45) is 0. The van der Waals surface area contributed by atoms with Crippen LogP contribution in [0.25, 0.3) is 0 Å². The number of benzene rings is 1. The van der Waals surface area contributed by atoms with Crippen molar-refractivity contribution < 1.29 is 20.5 Å². The van der Waals surface area contributed by atoms with E-state index in [2.05, 4.69) is 0 Å². The minimum Gasteiger partial charge on any atom is -0.502 e. The third-order valence-electron chi connectivity index (χ3n) is 1.08. The van der Waals surface area contributed by atoms with Crippen LogP contribution in [0.15, 0.2) is 24.3 Å². The van der Waals surface area contributed by atoms with Crippen LogP contribution in [0.5, 0.6) is 5.75 Å². The van der Waals surface area contributed by atoms with Crippen LogP contribution in [0.4, 0.5) is 5.69 Å². The van der Waals surface area contributed by atoms with Gasteiger partial charge < -0.3 is 5.11 Å². The van der Waals surface area contributed by atoms with E-state index < -0.39 is 4.92 Å². The maximum Gasteiger partial charge on any atom is 0.310 e. The fraction of sp³-hybridized carbons (Fsp3) is 0. The minimum atomic E-state index is -0.630. The smallest absolute Gasteiger partial charge is 0.310 e. The Morgan fingerprint density at radius 2 is 1.75 bits per heavy atom. The molecular weight excluding hydrogens is 166 g/mol. The van der Waals surface area contributed by atoms with Gasteiger partial charge in [0.25, 0.3) is 0 Å². The summed E-state index contributed by atoms with van der Waals surface area (Å²) < 4.78 is 0. The first-order valence-electron chi connectivity index (χ1n) is 2.84. The van der Waals surface area contributed by atoms with Gasteiger partial charge in [0.15, 0.2) is 5.75 Å². The van der Waals surface area contributed by atoms with Gasteiger partial charge in [-0.05, 0) is 6.07 Å². The largest absolute Gasteiger partial charge is 0.502 e. The average Bonchev–Trinajstić information content (AvgIpc) is 2.08. The first kappa shape index (κ1) is 10.3. The molecule has 0 aromatic heterocycles. The van der Waals surface area contributed by atoms with Crippen LogP contribution in [0.2, 0.25) is 0 Å². The number of aromatic hydroxyl groups is 1. The molecule has 12 heavy (non-hydrogen) atoms. The molecular formula is C6H7NO5. The molecule has 0 aliphatic rings. The van der Waals surface area contributed by atoms with Crippen molar-refractivity contribution in [2.45, 2.75) is 0 Å². The SMILES string of the molecule is O=[N+]([O-])c1ccccc1O.OO. The Bertz CT molecular complexity index is 262. The van der Waals surface area contributed by atoms with E-state index in [4.69, 9.17) is 15.6 Å². The second kappa shape index (κ2) is 5.05. The zero-order valence-corrected chi connectivity index (χ0v) is 5.91. The van der Waals surface area contributed by atoms with E-state index in [1.807, 2.05) is 0 Å². The number of hydrogen-bond acceptors (Lipinski definition) is 5. The highest BCUT2D eigenvalue weighted by molar-refractivity contribution is 5.44. The van der Waals surface area contributed by atoms with Crippen LogP contribution in [-0.2, 0) is 0 Å². The van der Waals surface area contributed by atoms with E-state index in [-0.39, 0.29) is 11.4 Å². The Labute approximate surface area is 67.4 Å². The number of nitro groups is 1. The average molecular weight is 173 g/mol. The van der Waals surface area contributed by atoms with E-state index in [0.29, 0.717) is 0 Å². The molecule has 6 nitrogen and oxygen atoms in total. The molecule has 0 unspecified atom stereocenters. The number of phenols is 1. The highest BCUT2D eigenvalue weighted by Gasteiger charge is 2.09. The van der Waals surface area contributed by atoms with Gasteiger partial charge >= 0.3 is 5.69 Å². The van der Waals surface area contributed by atoms with Crippen LogP contribution >= 0.6 is 0 Å². The lowest BCUT2D eigenvalue weighted by Gasteiger charge is -1.91. The Morgan fingerprint density at radius 3 is 2.08 bits per heavy atom. The molecule has 0 aliphatic carbocycles. The van der Waals surface area contributed by atoms with Gasteiger partial charge in [-0.25, -0.2) is 0 Å². The van der Waals surface area contributed by atoms with Crippen LogP contribution in [0.3, 0.4) is 0 Å². The van der Waals surface area contributed by atoms with E-state index in [9.17, 15) is 10.1 Å². The van der Waals surface area contributed by atoms with Crippen LogP contribution in [0.1, 0.15) is 0 Å². The zero-order chi connectivity index (χ0) is 9.56. The van der Waals surface area contributed by atoms with Gasteiger partial charge in [0.2, 0.25) is 0 Å². The third kappa shape index (κ3) is 2.52. The fourth-order valence-corrected chi connectivity index (χ4v) is 0.619. The highest BCUT2D eigenvalue weighted by atomic mass is 17.0. The molecule has 0 amide bonds. The van der Waals surface area contributed by atoms with Gasteiger partial charge in [-0.15, -0.1) is 0 Å². The summed E-state index contributed by atoms with van der Waals surface area (Å²) in [7, 11) is 0. The lowest BCUT2D eigenvalue weighted by molar-refractivity contribution is -0.385. The lowest BCUT2D eigenvalue weighted by atomic mass is 10.3. The molecule has 0 spiro atoms. The molecule has 1 rings (SSSR count). The number of hydrogen-bond donors (Lipinski definition) is 3. The molecule has 0 atom stereocenters. The van der Waals surface area contributed by atoms with Gasteiger partial charge in [0.1, 0.15) is 0 Å². The predicted molar refractivity (Wildman–Crippen MR) is 40.0 cm³/mol. The summed E-state index contributed by atoms with van der Waals surface area (Å²) in [5.74, 6) is -0.299. The van der Waals surface area contributed by atoms with Crippen molar-refractivity contribution in [3.63, 3.8) is 0 Å². The maximum atomic E-state index is 10.1. The lowest BCUT2D eigenvalue weighted by Crippen LogP contribution is -1.86. The summed E-state index contributed by atoms with van der Waals surface area (Å²) in [4.78, 5) is 9.44. The van der Waals surface area contributed by atoms with Crippen molar-refractivity contribution in [2.24, 2.45) is 0 Å². The number of phenolic OH excluding ortho intramolecular Hbond substituents is 1. The summed E-state index contributed by atoms with van der Waals surface area (Å²) in [6, 6.07) is 5.55. The Balaban J connectivity index is 0.000000561. The van der Waals surface area contributed by atoms with Crippen molar-refractivity contribution in [3.05, 3.63) is 34.4 Å². The van der Waals surface area contributed by atoms with E-state index in [1.165, 1.54) is 24.3 Å². The van der Waals surface area contributed by atoms with Crippen molar-refractivity contribution in [1.29, 1.82) is 0 Å². The second-order valence-electron chi connectivity index (χ2n) is 1.75. The van der Waals surface area contributed by atoms with Crippen molar-refractivity contribution in [1.82, 2.24) is 0 Å². The van der Waals surface area contributed by atoms with Gasteiger partial charge in [0.05, 0.1) is 4.92 Å². The van der Waals surface area contributed by atoms with Crippen LogP contribution in [-0.4, -0.2) is 20.5 Å². The first-order valence-corrected chi connectivity index (χ1v) is 2.84. The van der Waals surface area contributed by atoms with E-state index in [1.54, 1.807) is 0 Å². The summed E-state index contributed by atoms with van der Waals surface area (Å²) in [6.45, 7) is 0. The zero-order valence-electron chi connectivity index (χ0n) is 5.91. The number of nitrogens with zero attached hydrogens (tertiary/aromatic N) is 1. The number of rotatable bonds is 1. The molecule has 1 aromatic rings. The Hall–Kier alpha value is -1.66. The maximum absolute atomic E-state index is 10.1. The van der Waals surface area contributed by atoms with Crippen molar-refractivity contribution >= 4 is 5.69 Å². The predicted octanol–water partition coefficient (Wildman–Crippen LogP) is 1.32. The molecule has 6 heteroatoms. The summed E-state index contributed by atoms with van der Waals surface area (Å²) in [5.41, 5.74) is -0.262. The molecule has 0 radical (unpaired) electrons. The molecule has 0 saturated heterocycles. The van der Waals surface area contributed by atoms with E-state index in [0.717, 1.165) is 0 Å². The summed E-state index contributed by atoms with van der Waals surface area (Å²) >= 11 is 0. The number of nitro benzene ring substituents is 1. The topological polar surface area (TPSA) is 104 Å². The molecule has 1 aromatic carbocycles. The van der Waals surface area contributed by atoms with Gasteiger partial charge in [-0.3, -0.25) is 20.6 Å². The number of para-hydroxylation sites is 2. The second-order valence-corrected chi connectivity index (χ2v) is 1.75. The standard InChI is InChI=1S/C6H5NO3.H2O2/c8-6-4-2-1-3-5(6)7(9)10;1-2/h1-4,8H;1-2H. The van der Waals surface area contributed by atoms with Gasteiger partial charge in [-0.1, -0.05) is 12.1 Å². The Kier molecular flexibility index (Phi) is 4.35. The molecule has 66 valence electrons. The minimum absolute atomic E-state index is 0.262. The van der Waals surface area contributed by atoms with Crippen molar-refractivity contribution in [3.8, 4) is 5.75 Å². The van der Waals surface area contributed by atoms with E-state index >= 15 is 0 Å². The van der Waals surface area contributed by atoms with Gasteiger partial charge in [-0.2, -0.15) is 0 Å². The first-order chi connectivity index (χ1) is 5.72.